The van der Waals surface area contributed by atoms with Crippen LogP contribution < -0.4 is 10.6 Å². The molecule has 0 bridgehead atoms. The zero-order valence-corrected chi connectivity index (χ0v) is 26.7. The third-order valence-corrected chi connectivity index (χ3v) is 9.36. The summed E-state index contributed by atoms with van der Waals surface area (Å²) in [6, 6.07) is 1.80. The Labute approximate surface area is 260 Å². The number of nitrogens with zero attached hydrogens (tertiary/aromatic N) is 7. The van der Waals surface area contributed by atoms with Crippen LogP contribution in [0.3, 0.4) is 0 Å². The van der Waals surface area contributed by atoms with Gasteiger partial charge in [0.25, 0.3) is 5.78 Å². The van der Waals surface area contributed by atoms with Crippen molar-refractivity contribution in [3.63, 3.8) is 0 Å². The van der Waals surface area contributed by atoms with E-state index in [1.54, 1.807) is 10.7 Å². The van der Waals surface area contributed by atoms with Crippen LogP contribution in [0.4, 0.5) is 8.78 Å². The molecule has 1 aliphatic carbocycles. The Bertz CT molecular complexity index is 1400. The van der Waals surface area contributed by atoms with Crippen molar-refractivity contribution < 1.29 is 8.78 Å². The van der Waals surface area contributed by atoms with Crippen molar-refractivity contribution in [1.29, 1.82) is 0 Å². The lowest BCUT2D eigenvalue weighted by Crippen LogP contribution is -2.34. The molecule has 2 atom stereocenters. The molecule has 240 valence electrons. The molecule has 3 fully saturated rings. The van der Waals surface area contributed by atoms with E-state index < -0.39 is 5.92 Å². The van der Waals surface area contributed by atoms with Crippen molar-refractivity contribution in [2.45, 2.75) is 110 Å². The van der Waals surface area contributed by atoms with Crippen LogP contribution in [0, 0.1) is 12.8 Å². The van der Waals surface area contributed by atoms with E-state index in [0.29, 0.717) is 30.9 Å². The molecule has 0 amide bonds. The third-order valence-electron chi connectivity index (χ3n) is 9.36. The molecule has 0 radical (unpaired) electrons. The van der Waals surface area contributed by atoms with Crippen molar-refractivity contribution in [3.8, 4) is 0 Å². The normalized spacial score (nSPS) is 20.8. The van der Waals surface area contributed by atoms with E-state index in [1.807, 2.05) is 30.8 Å². The van der Waals surface area contributed by atoms with Gasteiger partial charge in [0.2, 0.25) is 5.92 Å². The first kappa shape index (κ1) is 32.1. The molecule has 2 saturated heterocycles. The number of aromatic nitrogens is 6. The van der Waals surface area contributed by atoms with Gasteiger partial charge in [0.05, 0.1) is 46.8 Å². The second kappa shape index (κ2) is 14.2. The first-order valence-corrected chi connectivity index (χ1v) is 16.4. The lowest BCUT2D eigenvalue weighted by atomic mass is 9.81. The van der Waals surface area contributed by atoms with Crippen LogP contribution in [-0.4, -0.2) is 59.8 Å². The number of hydrogen-bond acceptors (Lipinski definition) is 7. The topological polar surface area (TPSA) is 88.2 Å². The highest BCUT2D eigenvalue weighted by Gasteiger charge is 2.39. The molecule has 2 unspecified atom stereocenters. The van der Waals surface area contributed by atoms with Crippen LogP contribution in [0.5, 0.6) is 0 Å². The summed E-state index contributed by atoms with van der Waals surface area (Å²) < 4.78 is 31.6. The van der Waals surface area contributed by atoms with E-state index in [4.69, 9.17) is 15.1 Å². The summed E-state index contributed by atoms with van der Waals surface area (Å²) in [6.45, 7) is 18.3. The van der Waals surface area contributed by atoms with Crippen molar-refractivity contribution >= 4 is 11.5 Å². The zero-order chi connectivity index (χ0) is 31.3. The Hall–Kier alpha value is -3.34. The van der Waals surface area contributed by atoms with E-state index in [2.05, 4.69) is 40.7 Å². The van der Waals surface area contributed by atoms with E-state index in [-0.39, 0.29) is 30.8 Å². The number of nitrogens with one attached hydrogen (secondary N) is 2. The number of rotatable bonds is 8. The first-order chi connectivity index (χ1) is 21.1. The summed E-state index contributed by atoms with van der Waals surface area (Å²) in [4.78, 5) is 12.3. The molecular formula is C33H49F2N9. The van der Waals surface area contributed by atoms with Gasteiger partial charge in [-0.3, -0.25) is 9.58 Å². The first-order valence-electron chi connectivity index (χ1n) is 16.4. The fourth-order valence-electron chi connectivity index (χ4n) is 6.70. The Balaban J connectivity index is 0.000000484. The predicted octanol–water partition coefficient (Wildman–Crippen LogP) is 6.60. The zero-order valence-electron chi connectivity index (χ0n) is 26.7. The highest BCUT2D eigenvalue weighted by molar-refractivity contribution is 5.59. The highest BCUT2D eigenvalue weighted by atomic mass is 19.3. The molecule has 9 nitrogen and oxygen atoms in total. The molecule has 2 aliphatic heterocycles. The summed E-state index contributed by atoms with van der Waals surface area (Å²) >= 11 is 0. The molecule has 11 heteroatoms. The van der Waals surface area contributed by atoms with Gasteiger partial charge >= 0.3 is 0 Å². The van der Waals surface area contributed by atoms with Crippen molar-refractivity contribution in [2.75, 3.05) is 19.6 Å². The summed E-state index contributed by atoms with van der Waals surface area (Å²) in [5, 5.41) is 15.9. The minimum absolute atomic E-state index is 0.00729. The molecule has 44 heavy (non-hydrogen) atoms. The van der Waals surface area contributed by atoms with Crippen LogP contribution in [0.15, 0.2) is 37.3 Å². The monoisotopic (exact) mass is 609 g/mol. The largest absolute Gasteiger partial charge is 0.389 e. The van der Waals surface area contributed by atoms with E-state index in [0.717, 1.165) is 42.4 Å². The average molecular weight is 610 g/mol. The molecule has 1 saturated carbocycles. The van der Waals surface area contributed by atoms with Crippen LogP contribution in [0.2, 0.25) is 0 Å². The summed E-state index contributed by atoms with van der Waals surface area (Å²) in [5.74, 6) is -2.07. The van der Waals surface area contributed by atoms with Crippen LogP contribution in [-0.2, 0) is 6.54 Å². The predicted molar refractivity (Wildman–Crippen MR) is 170 cm³/mol. The minimum atomic E-state index is -2.60. The van der Waals surface area contributed by atoms with Gasteiger partial charge in [0.1, 0.15) is 0 Å². The minimum Gasteiger partial charge on any atom is -0.389 e. The second-order valence-corrected chi connectivity index (χ2v) is 12.6. The number of likely N-dealkylation sites (tertiary alicyclic amines) is 1. The average Bonchev–Trinajstić information content (AvgIpc) is 3.67. The van der Waals surface area contributed by atoms with Crippen molar-refractivity contribution in [1.82, 2.24) is 44.9 Å². The Morgan fingerprint density at radius 3 is 2.52 bits per heavy atom. The second-order valence-electron chi connectivity index (χ2n) is 12.6. The van der Waals surface area contributed by atoms with Crippen molar-refractivity contribution in [2.24, 2.45) is 5.92 Å². The van der Waals surface area contributed by atoms with Gasteiger partial charge < -0.3 is 10.6 Å². The van der Waals surface area contributed by atoms with Gasteiger partial charge in [-0.25, -0.2) is 23.3 Å². The number of aryl methyl sites for hydroxylation is 2. The fourth-order valence-corrected chi connectivity index (χ4v) is 6.70. The number of piperidine rings is 2. The van der Waals surface area contributed by atoms with E-state index in [9.17, 15) is 8.78 Å². The van der Waals surface area contributed by atoms with Crippen LogP contribution >= 0.6 is 0 Å². The van der Waals surface area contributed by atoms with E-state index in [1.165, 1.54) is 44.2 Å². The lowest BCUT2D eigenvalue weighted by molar-refractivity contribution is -0.0493. The smallest absolute Gasteiger partial charge is 0.251 e. The summed E-state index contributed by atoms with van der Waals surface area (Å²) in [6.07, 6.45) is 11.8. The SMILES string of the molecule is C=C(NC(c1cn2nc(C)c(C(C)N3CCCCC3)nc2n1)C1CCC(F)(F)CC1)c1ccnn1CC.C=C1CCCCN1. The van der Waals surface area contributed by atoms with Gasteiger partial charge in [-0.15, -0.1) is 0 Å². The number of hydrogen-bond donors (Lipinski definition) is 2. The molecule has 0 spiro atoms. The van der Waals surface area contributed by atoms with Gasteiger partial charge in [0, 0.05) is 37.8 Å². The van der Waals surface area contributed by atoms with E-state index >= 15 is 0 Å². The van der Waals surface area contributed by atoms with Gasteiger partial charge in [0.15, 0.2) is 0 Å². The Kier molecular flexibility index (Phi) is 10.3. The number of halogens is 2. The third kappa shape index (κ3) is 7.65. The van der Waals surface area contributed by atoms with Crippen LogP contribution in [0.25, 0.3) is 11.5 Å². The van der Waals surface area contributed by atoms with Gasteiger partial charge in [-0.05, 0) is 90.8 Å². The molecule has 6 rings (SSSR count). The maximum atomic E-state index is 14.0. The maximum Gasteiger partial charge on any atom is 0.251 e. The molecule has 3 aromatic heterocycles. The Morgan fingerprint density at radius 2 is 1.89 bits per heavy atom. The molecule has 2 N–H and O–H groups in total. The van der Waals surface area contributed by atoms with Crippen LogP contribution in [0.1, 0.15) is 113 Å². The molecule has 3 aromatic rings. The fraction of sp³-hybridized carbons (Fsp3) is 0.636. The quantitative estimate of drug-likeness (QED) is 0.298. The summed E-state index contributed by atoms with van der Waals surface area (Å²) in [7, 11) is 0. The molecule has 0 aromatic carbocycles. The summed E-state index contributed by atoms with van der Waals surface area (Å²) in [5.41, 5.74) is 5.38. The lowest BCUT2D eigenvalue weighted by Gasteiger charge is -2.34. The van der Waals surface area contributed by atoms with Gasteiger partial charge in [-0.1, -0.05) is 19.6 Å². The maximum absolute atomic E-state index is 14.0. The molecular weight excluding hydrogens is 560 g/mol. The number of alkyl halides is 2. The van der Waals surface area contributed by atoms with Crippen molar-refractivity contribution in [3.05, 3.63) is 60.1 Å². The molecule has 5 heterocycles. The number of fused-ring (bicyclic) bond motifs is 1. The standard InChI is InChI=1S/C27H38F2N8.C6H11N/c1-5-36-23(11-14-30-36)18(2)31-25(21-9-12-27(28,29)13-10-21)22-17-37-26(32-22)33-24(19(3)34-37)20(4)35-15-7-6-8-16-35;1-6-4-2-3-5-7-6/h11,14,17,20-21,25,31H,2,5-10,12-13,15-16H2,1,3-4H3;7H,1-5H2. The number of allylic oxidation sites excluding steroid dienone is 1. The Morgan fingerprint density at radius 1 is 1.14 bits per heavy atom. The molecule has 3 aliphatic rings. The number of imidazole rings is 1. The highest BCUT2D eigenvalue weighted by Crippen LogP contribution is 2.42. The van der Waals surface area contributed by atoms with Gasteiger partial charge in [-0.2, -0.15) is 10.2 Å².